The Labute approximate surface area is 188 Å². The van der Waals surface area contributed by atoms with Gasteiger partial charge in [0.05, 0.1) is 25.2 Å². The summed E-state index contributed by atoms with van der Waals surface area (Å²) in [5, 5.41) is 2.86. The maximum Gasteiger partial charge on any atom is 0.227 e. The summed E-state index contributed by atoms with van der Waals surface area (Å²) >= 11 is 0. The van der Waals surface area contributed by atoms with Crippen LogP contribution in [-0.4, -0.2) is 16.8 Å². The van der Waals surface area contributed by atoms with Crippen LogP contribution in [0.1, 0.15) is 37.1 Å². The van der Waals surface area contributed by atoms with E-state index in [9.17, 15) is 14.0 Å². The lowest BCUT2D eigenvalue weighted by Crippen LogP contribution is -2.31. The molecule has 32 heavy (non-hydrogen) atoms. The van der Waals surface area contributed by atoms with Gasteiger partial charge in [-0.2, -0.15) is 0 Å². The predicted molar refractivity (Wildman–Crippen MR) is 123 cm³/mol. The molecule has 1 N–H and O–H groups in total. The number of halogens is 1. The van der Waals surface area contributed by atoms with Crippen LogP contribution in [0.25, 0.3) is 0 Å². The number of nitrogens with one attached hydrogen (secondary N) is 1. The molecule has 3 rings (SSSR count). The van der Waals surface area contributed by atoms with Crippen LogP contribution in [0.2, 0.25) is 0 Å². The number of hydrogen-bond acceptors (Lipinski definition) is 3. The molecule has 6 heteroatoms. The molecule has 0 fully saturated rings. The summed E-state index contributed by atoms with van der Waals surface area (Å²) in [5.41, 5.74) is 3.08. The molecular weight excluding hydrogens is 405 g/mol. The Morgan fingerprint density at radius 1 is 1.00 bits per heavy atom. The molecule has 1 aromatic heterocycles. The van der Waals surface area contributed by atoms with Gasteiger partial charge in [-0.15, -0.1) is 0 Å². The number of benzene rings is 2. The monoisotopic (exact) mass is 433 g/mol. The van der Waals surface area contributed by atoms with E-state index in [0.29, 0.717) is 13.0 Å². The highest BCUT2D eigenvalue weighted by molar-refractivity contribution is 5.93. The molecule has 0 saturated heterocycles. The highest BCUT2D eigenvalue weighted by atomic mass is 19.1. The third-order valence-electron chi connectivity index (χ3n) is 4.92. The molecule has 166 valence electrons. The van der Waals surface area contributed by atoms with Crippen molar-refractivity contribution < 1.29 is 14.0 Å². The average molecular weight is 434 g/mol. The fraction of sp³-hybridized carbons (Fsp3) is 0.269. The second-order valence-electron chi connectivity index (χ2n) is 8.15. The zero-order valence-corrected chi connectivity index (χ0v) is 18.4. The van der Waals surface area contributed by atoms with Gasteiger partial charge < -0.3 is 10.2 Å². The lowest BCUT2D eigenvalue weighted by molar-refractivity contribution is -0.121. The van der Waals surface area contributed by atoms with Gasteiger partial charge in [-0.1, -0.05) is 44.2 Å². The third-order valence-corrected chi connectivity index (χ3v) is 4.92. The van der Waals surface area contributed by atoms with Crippen molar-refractivity contribution in [1.82, 2.24) is 10.3 Å². The minimum Gasteiger partial charge on any atom is -0.350 e. The summed E-state index contributed by atoms with van der Waals surface area (Å²) in [5.74, 6) is -0.244. The fourth-order valence-electron chi connectivity index (χ4n) is 3.33. The van der Waals surface area contributed by atoms with Gasteiger partial charge in [0, 0.05) is 18.3 Å². The lowest BCUT2D eigenvalue weighted by atomic mass is 10.1. The van der Waals surface area contributed by atoms with Gasteiger partial charge in [-0.3, -0.25) is 14.6 Å². The quantitative estimate of drug-likeness (QED) is 0.534. The van der Waals surface area contributed by atoms with E-state index in [1.807, 2.05) is 56.3 Å². The highest BCUT2D eigenvalue weighted by Crippen LogP contribution is 2.21. The van der Waals surface area contributed by atoms with Gasteiger partial charge in [0.2, 0.25) is 11.8 Å². The molecule has 0 atom stereocenters. The van der Waals surface area contributed by atoms with Crippen LogP contribution in [-0.2, 0) is 29.1 Å². The second-order valence-corrected chi connectivity index (χ2v) is 8.15. The van der Waals surface area contributed by atoms with Crippen molar-refractivity contribution in [2.45, 2.75) is 39.8 Å². The lowest BCUT2D eigenvalue weighted by Gasteiger charge is -2.24. The Morgan fingerprint density at radius 2 is 1.78 bits per heavy atom. The van der Waals surface area contributed by atoms with Crippen LogP contribution in [0.3, 0.4) is 0 Å². The first-order valence-corrected chi connectivity index (χ1v) is 10.7. The summed E-state index contributed by atoms with van der Waals surface area (Å²) in [6.45, 7) is 4.64. The number of nitrogens with zero attached hydrogens (tertiary/aromatic N) is 2. The molecule has 0 spiro atoms. The van der Waals surface area contributed by atoms with Gasteiger partial charge >= 0.3 is 0 Å². The topological polar surface area (TPSA) is 62.3 Å². The normalized spacial score (nSPS) is 10.8. The number of pyridine rings is 1. The van der Waals surface area contributed by atoms with Gasteiger partial charge in [-0.25, -0.2) is 4.39 Å². The number of rotatable bonds is 9. The zero-order chi connectivity index (χ0) is 22.9. The van der Waals surface area contributed by atoms with Crippen LogP contribution < -0.4 is 10.2 Å². The molecule has 5 nitrogen and oxygen atoms in total. The van der Waals surface area contributed by atoms with Crippen LogP contribution in [0.5, 0.6) is 0 Å². The Bertz CT molecular complexity index is 1040. The first-order valence-electron chi connectivity index (χ1n) is 10.7. The zero-order valence-electron chi connectivity index (χ0n) is 18.4. The van der Waals surface area contributed by atoms with Crippen LogP contribution in [0, 0.1) is 11.7 Å². The van der Waals surface area contributed by atoms with E-state index in [2.05, 4.69) is 10.3 Å². The Hall–Kier alpha value is -3.54. The van der Waals surface area contributed by atoms with Crippen LogP contribution in [0.4, 0.5) is 10.1 Å². The smallest absolute Gasteiger partial charge is 0.227 e. The van der Waals surface area contributed by atoms with Gasteiger partial charge in [0.15, 0.2) is 0 Å². The second kappa shape index (κ2) is 11.2. The van der Waals surface area contributed by atoms with Crippen molar-refractivity contribution in [2.75, 3.05) is 4.90 Å². The Kier molecular flexibility index (Phi) is 8.08. The molecule has 0 unspecified atom stereocenters. The maximum absolute atomic E-state index is 13.6. The Balaban J connectivity index is 1.67. The molecule has 0 bridgehead atoms. The number of carbonyl (C=O) groups excluding carboxylic acids is 2. The van der Waals surface area contributed by atoms with Gasteiger partial charge in [-0.05, 0) is 53.4 Å². The van der Waals surface area contributed by atoms with E-state index < -0.39 is 0 Å². The minimum absolute atomic E-state index is 0.0230. The van der Waals surface area contributed by atoms with Crippen molar-refractivity contribution in [3.8, 4) is 0 Å². The van der Waals surface area contributed by atoms with Crippen molar-refractivity contribution in [3.05, 3.63) is 95.6 Å². The minimum atomic E-state index is -0.328. The molecule has 0 saturated carbocycles. The standard InChI is InChI=1S/C26H28FN3O2/c1-19(2)14-26(32)30(18-21-6-5-7-22(27)15-21)24-11-9-20(10-12-24)16-25(31)29-17-23-8-3-4-13-28-23/h3-13,15,19H,14,16-18H2,1-2H3,(H,29,31). The molecular formula is C26H28FN3O2. The fourth-order valence-corrected chi connectivity index (χ4v) is 3.33. The van der Waals surface area contributed by atoms with Gasteiger partial charge in [0.1, 0.15) is 5.82 Å². The van der Waals surface area contributed by atoms with E-state index >= 15 is 0 Å². The van der Waals surface area contributed by atoms with Crippen molar-refractivity contribution >= 4 is 17.5 Å². The summed E-state index contributed by atoms with van der Waals surface area (Å²) in [6.07, 6.45) is 2.32. The number of aromatic nitrogens is 1. The molecule has 0 aliphatic heterocycles. The summed E-state index contributed by atoms with van der Waals surface area (Å²) in [6, 6.07) is 19.2. The molecule has 0 aliphatic carbocycles. The molecule has 1 heterocycles. The largest absolute Gasteiger partial charge is 0.350 e. The number of carbonyl (C=O) groups is 2. The number of anilines is 1. The third kappa shape index (κ3) is 7.01. The summed E-state index contributed by atoms with van der Waals surface area (Å²) in [4.78, 5) is 31.0. The highest BCUT2D eigenvalue weighted by Gasteiger charge is 2.18. The van der Waals surface area contributed by atoms with E-state index in [1.54, 1.807) is 23.2 Å². The summed E-state index contributed by atoms with van der Waals surface area (Å²) < 4.78 is 13.6. The SMILES string of the molecule is CC(C)CC(=O)N(Cc1cccc(F)c1)c1ccc(CC(=O)NCc2ccccn2)cc1. The van der Waals surface area contributed by atoms with Crippen molar-refractivity contribution in [3.63, 3.8) is 0 Å². The molecule has 2 amide bonds. The van der Waals surface area contributed by atoms with E-state index in [0.717, 1.165) is 22.5 Å². The molecule has 0 aliphatic rings. The summed E-state index contributed by atoms with van der Waals surface area (Å²) in [7, 11) is 0. The average Bonchev–Trinajstić information content (AvgIpc) is 2.77. The van der Waals surface area contributed by atoms with Crippen molar-refractivity contribution in [2.24, 2.45) is 5.92 Å². The molecule has 3 aromatic rings. The van der Waals surface area contributed by atoms with Gasteiger partial charge in [0.25, 0.3) is 0 Å². The van der Waals surface area contributed by atoms with Crippen LogP contribution in [0.15, 0.2) is 72.9 Å². The molecule has 0 radical (unpaired) electrons. The van der Waals surface area contributed by atoms with E-state index in [1.165, 1.54) is 12.1 Å². The first kappa shape index (κ1) is 23.1. The Morgan fingerprint density at radius 3 is 2.44 bits per heavy atom. The van der Waals surface area contributed by atoms with E-state index in [4.69, 9.17) is 0 Å². The molecule has 2 aromatic carbocycles. The number of amides is 2. The predicted octanol–water partition coefficient (Wildman–Crippen LogP) is 4.66. The maximum atomic E-state index is 13.6. The van der Waals surface area contributed by atoms with Crippen LogP contribution >= 0.6 is 0 Å². The number of hydrogen-bond donors (Lipinski definition) is 1. The van der Waals surface area contributed by atoms with Crippen molar-refractivity contribution in [1.29, 1.82) is 0 Å². The first-order chi connectivity index (χ1) is 15.4. The van der Waals surface area contributed by atoms with E-state index in [-0.39, 0.29) is 36.5 Å².